The van der Waals surface area contributed by atoms with Gasteiger partial charge in [0.2, 0.25) is 0 Å². The molecule has 2 saturated heterocycles. The Kier molecular flexibility index (Phi) is 4.43. The largest absolute Gasteiger partial charge is 0.461 e. The van der Waals surface area contributed by atoms with Crippen molar-refractivity contribution in [1.29, 1.82) is 0 Å². The molecule has 2 aliphatic heterocycles. The maximum atomic E-state index is 11.6. The zero-order valence-electron chi connectivity index (χ0n) is 12.5. The first-order chi connectivity index (χ1) is 10.3. The third kappa shape index (κ3) is 3.20. The van der Waals surface area contributed by atoms with Gasteiger partial charge in [0, 0.05) is 19.1 Å². The van der Waals surface area contributed by atoms with Crippen molar-refractivity contribution in [2.75, 3.05) is 31.1 Å². The summed E-state index contributed by atoms with van der Waals surface area (Å²) in [5.74, 6) is 0.334. The molecular weight excluding hydrogens is 270 g/mol. The minimum absolute atomic E-state index is 0.256. The smallest absolute Gasteiger partial charge is 0.360 e. The molecule has 0 saturated carbocycles. The lowest BCUT2D eigenvalue weighted by molar-refractivity contribution is 0.0519. The van der Waals surface area contributed by atoms with E-state index in [2.05, 4.69) is 15.2 Å². The molecular formula is C15H23N3O3. The topological polar surface area (TPSA) is 67.6 Å². The van der Waals surface area contributed by atoms with Gasteiger partial charge in [-0.05, 0) is 45.1 Å². The van der Waals surface area contributed by atoms with Gasteiger partial charge >= 0.3 is 5.97 Å². The summed E-state index contributed by atoms with van der Waals surface area (Å²) in [6.07, 6.45) is 6.28. The Morgan fingerprint density at radius 2 is 2.29 bits per heavy atom. The molecule has 21 heavy (non-hydrogen) atoms. The second kappa shape index (κ2) is 6.47. The van der Waals surface area contributed by atoms with E-state index < -0.39 is 5.97 Å². The van der Waals surface area contributed by atoms with Crippen LogP contribution in [-0.2, 0) is 4.74 Å². The zero-order chi connectivity index (χ0) is 14.7. The summed E-state index contributed by atoms with van der Waals surface area (Å²) in [7, 11) is 0. The highest BCUT2D eigenvalue weighted by Gasteiger charge is 2.30. The lowest BCUT2D eigenvalue weighted by Gasteiger charge is -2.33. The van der Waals surface area contributed by atoms with Crippen LogP contribution in [0.5, 0.6) is 0 Å². The number of hydrogen-bond donors (Lipinski definition) is 1. The minimum Gasteiger partial charge on any atom is -0.461 e. The van der Waals surface area contributed by atoms with Crippen molar-refractivity contribution < 1.29 is 13.9 Å². The highest BCUT2D eigenvalue weighted by atomic mass is 16.5. The summed E-state index contributed by atoms with van der Waals surface area (Å²) in [6, 6.07) is 1.22. The average molecular weight is 293 g/mol. The number of oxazole rings is 1. The lowest BCUT2D eigenvalue weighted by atomic mass is 9.89. The molecule has 1 N–H and O–H groups in total. The van der Waals surface area contributed by atoms with Gasteiger partial charge < -0.3 is 19.4 Å². The Bertz CT molecular complexity index is 474. The Labute approximate surface area is 124 Å². The van der Waals surface area contributed by atoms with Gasteiger partial charge in [0.25, 0.3) is 6.01 Å². The monoisotopic (exact) mass is 293 g/mol. The summed E-state index contributed by atoms with van der Waals surface area (Å²) in [5.41, 5.74) is 0.256. The second-order valence-electron chi connectivity index (χ2n) is 5.76. The Balaban J connectivity index is 1.55. The van der Waals surface area contributed by atoms with Gasteiger partial charge in [-0.2, -0.15) is 4.98 Å². The van der Waals surface area contributed by atoms with E-state index in [0.29, 0.717) is 18.7 Å². The van der Waals surface area contributed by atoms with Crippen molar-refractivity contribution >= 4 is 12.0 Å². The van der Waals surface area contributed by atoms with Gasteiger partial charge in [-0.3, -0.25) is 0 Å². The fourth-order valence-corrected chi connectivity index (χ4v) is 3.32. The van der Waals surface area contributed by atoms with E-state index in [-0.39, 0.29) is 5.69 Å². The average Bonchev–Trinajstić information content (AvgIpc) is 3.19. The summed E-state index contributed by atoms with van der Waals surface area (Å²) in [5, 5.41) is 3.60. The summed E-state index contributed by atoms with van der Waals surface area (Å²) in [6.45, 7) is 5.16. The van der Waals surface area contributed by atoms with E-state index in [1.54, 1.807) is 6.92 Å². The molecule has 3 rings (SSSR count). The predicted octanol–water partition coefficient (Wildman–Crippen LogP) is 1.82. The molecule has 0 amide bonds. The van der Waals surface area contributed by atoms with Crippen molar-refractivity contribution in [2.24, 2.45) is 5.92 Å². The summed E-state index contributed by atoms with van der Waals surface area (Å²) < 4.78 is 10.4. The van der Waals surface area contributed by atoms with E-state index in [1.165, 1.54) is 19.1 Å². The molecule has 0 radical (unpaired) electrons. The standard InChI is InChI=1S/C15H23N3O3/c1-2-20-14(19)13-10-21-15(17-13)18-8-5-11(6-9-18)12-4-3-7-16-12/h10-12,16H,2-9H2,1H3. The van der Waals surface area contributed by atoms with Crippen LogP contribution in [0.3, 0.4) is 0 Å². The van der Waals surface area contributed by atoms with Crippen LogP contribution in [0.1, 0.15) is 43.1 Å². The number of anilines is 1. The Morgan fingerprint density at radius 1 is 1.48 bits per heavy atom. The van der Waals surface area contributed by atoms with E-state index >= 15 is 0 Å². The van der Waals surface area contributed by atoms with Crippen LogP contribution in [-0.4, -0.2) is 43.2 Å². The van der Waals surface area contributed by atoms with Crippen molar-refractivity contribution in [2.45, 2.75) is 38.6 Å². The quantitative estimate of drug-likeness (QED) is 0.854. The molecule has 0 bridgehead atoms. The van der Waals surface area contributed by atoms with Gasteiger partial charge in [0.05, 0.1) is 6.61 Å². The molecule has 3 heterocycles. The molecule has 2 aliphatic rings. The van der Waals surface area contributed by atoms with Crippen molar-refractivity contribution in [1.82, 2.24) is 10.3 Å². The van der Waals surface area contributed by atoms with Crippen LogP contribution < -0.4 is 10.2 Å². The molecule has 2 fully saturated rings. The van der Waals surface area contributed by atoms with Crippen LogP contribution in [0.25, 0.3) is 0 Å². The molecule has 1 atom stereocenters. The summed E-state index contributed by atoms with van der Waals surface area (Å²) >= 11 is 0. The zero-order valence-corrected chi connectivity index (χ0v) is 12.5. The highest BCUT2D eigenvalue weighted by molar-refractivity contribution is 5.87. The first-order valence-electron chi connectivity index (χ1n) is 7.89. The number of esters is 1. The van der Waals surface area contributed by atoms with Gasteiger partial charge in [0.15, 0.2) is 5.69 Å². The van der Waals surface area contributed by atoms with Crippen LogP contribution in [0.4, 0.5) is 6.01 Å². The van der Waals surface area contributed by atoms with Gasteiger partial charge in [-0.25, -0.2) is 4.79 Å². The number of carbonyl (C=O) groups excluding carboxylic acids is 1. The van der Waals surface area contributed by atoms with Crippen LogP contribution in [0.2, 0.25) is 0 Å². The number of nitrogens with zero attached hydrogens (tertiary/aromatic N) is 2. The van der Waals surface area contributed by atoms with Crippen LogP contribution in [0, 0.1) is 5.92 Å². The Hall–Kier alpha value is -1.56. The number of ether oxygens (including phenoxy) is 1. The minimum atomic E-state index is -0.419. The van der Waals surface area contributed by atoms with Crippen LogP contribution in [0.15, 0.2) is 10.7 Å². The summed E-state index contributed by atoms with van der Waals surface area (Å²) in [4.78, 5) is 18.0. The van der Waals surface area contributed by atoms with Gasteiger partial charge in [-0.15, -0.1) is 0 Å². The maximum Gasteiger partial charge on any atom is 0.360 e. The maximum absolute atomic E-state index is 11.6. The van der Waals surface area contributed by atoms with Gasteiger partial charge in [0.1, 0.15) is 6.26 Å². The van der Waals surface area contributed by atoms with E-state index in [1.807, 2.05) is 0 Å². The third-order valence-electron chi connectivity index (χ3n) is 4.45. The fourth-order valence-electron chi connectivity index (χ4n) is 3.32. The predicted molar refractivity (Wildman–Crippen MR) is 78.4 cm³/mol. The molecule has 0 spiro atoms. The number of rotatable bonds is 4. The third-order valence-corrected chi connectivity index (χ3v) is 4.45. The number of nitrogens with one attached hydrogen (secondary N) is 1. The molecule has 6 heteroatoms. The number of carbonyl (C=O) groups is 1. The first-order valence-corrected chi connectivity index (χ1v) is 7.89. The highest BCUT2D eigenvalue weighted by Crippen LogP contribution is 2.28. The second-order valence-corrected chi connectivity index (χ2v) is 5.76. The number of aromatic nitrogens is 1. The van der Waals surface area contributed by atoms with Crippen molar-refractivity contribution in [3.05, 3.63) is 12.0 Å². The van der Waals surface area contributed by atoms with Crippen molar-refractivity contribution in [3.8, 4) is 0 Å². The lowest BCUT2D eigenvalue weighted by Crippen LogP contribution is -2.41. The molecule has 1 aromatic heterocycles. The molecule has 116 valence electrons. The SMILES string of the molecule is CCOC(=O)c1coc(N2CCC(C3CCCN3)CC2)n1. The normalized spacial score (nSPS) is 23.5. The van der Waals surface area contributed by atoms with Gasteiger partial charge in [-0.1, -0.05) is 0 Å². The van der Waals surface area contributed by atoms with E-state index in [9.17, 15) is 4.79 Å². The molecule has 0 aliphatic carbocycles. The molecule has 1 aromatic rings. The molecule has 6 nitrogen and oxygen atoms in total. The molecule has 1 unspecified atom stereocenters. The van der Waals surface area contributed by atoms with E-state index in [0.717, 1.165) is 38.4 Å². The number of hydrogen-bond acceptors (Lipinski definition) is 6. The van der Waals surface area contributed by atoms with Crippen LogP contribution >= 0.6 is 0 Å². The molecule has 0 aromatic carbocycles. The first kappa shape index (κ1) is 14.4. The number of piperidine rings is 1. The van der Waals surface area contributed by atoms with Crippen molar-refractivity contribution in [3.63, 3.8) is 0 Å². The fraction of sp³-hybridized carbons (Fsp3) is 0.733. The Morgan fingerprint density at radius 3 is 2.95 bits per heavy atom. The van der Waals surface area contributed by atoms with E-state index in [4.69, 9.17) is 9.15 Å².